The number of benzene rings is 1. The SMILES string of the molecule is COc1cc2c(c(Cl)c1Cl)C(=O)CCC2. The standard InChI is InChI=1S/C11H10Cl2O2/c1-15-8-5-6-3-2-4-7(14)9(6)11(13)10(8)12/h5H,2-4H2,1H3. The second-order valence-electron chi connectivity index (χ2n) is 3.52. The van der Waals surface area contributed by atoms with Gasteiger partial charge in [-0.2, -0.15) is 0 Å². The molecule has 0 aliphatic heterocycles. The summed E-state index contributed by atoms with van der Waals surface area (Å²) in [5.41, 5.74) is 1.52. The van der Waals surface area contributed by atoms with Crippen molar-refractivity contribution in [3.05, 3.63) is 27.2 Å². The maximum atomic E-state index is 11.7. The average molecular weight is 245 g/mol. The summed E-state index contributed by atoms with van der Waals surface area (Å²) in [7, 11) is 1.54. The summed E-state index contributed by atoms with van der Waals surface area (Å²) >= 11 is 12.0. The maximum absolute atomic E-state index is 11.7. The average Bonchev–Trinajstić information content (AvgIpc) is 2.23. The van der Waals surface area contributed by atoms with Crippen molar-refractivity contribution in [2.24, 2.45) is 0 Å². The fourth-order valence-corrected chi connectivity index (χ4v) is 2.41. The summed E-state index contributed by atoms with van der Waals surface area (Å²) in [6, 6.07) is 1.81. The van der Waals surface area contributed by atoms with Crippen molar-refractivity contribution in [1.82, 2.24) is 0 Å². The van der Waals surface area contributed by atoms with Crippen LogP contribution in [-0.4, -0.2) is 12.9 Å². The van der Waals surface area contributed by atoms with E-state index in [4.69, 9.17) is 27.9 Å². The Morgan fingerprint density at radius 1 is 1.27 bits per heavy atom. The minimum absolute atomic E-state index is 0.0748. The zero-order valence-electron chi connectivity index (χ0n) is 8.27. The fraction of sp³-hybridized carbons (Fsp3) is 0.364. The molecule has 2 nitrogen and oxygen atoms in total. The first kappa shape index (κ1) is 10.8. The summed E-state index contributed by atoms with van der Waals surface area (Å²) < 4.78 is 5.10. The zero-order chi connectivity index (χ0) is 11.0. The first-order chi connectivity index (χ1) is 7.15. The van der Waals surface area contributed by atoms with Gasteiger partial charge in [0, 0.05) is 12.0 Å². The van der Waals surface area contributed by atoms with E-state index < -0.39 is 0 Å². The number of rotatable bonds is 1. The Kier molecular flexibility index (Phi) is 2.89. The van der Waals surface area contributed by atoms with Crippen LogP contribution in [0.5, 0.6) is 5.75 Å². The van der Waals surface area contributed by atoms with Crippen molar-refractivity contribution < 1.29 is 9.53 Å². The Morgan fingerprint density at radius 3 is 2.67 bits per heavy atom. The first-order valence-corrected chi connectivity index (χ1v) is 5.48. The summed E-state index contributed by atoms with van der Waals surface area (Å²) in [5, 5.41) is 0.656. The van der Waals surface area contributed by atoms with Crippen LogP contribution in [0.25, 0.3) is 0 Å². The Labute approximate surface area is 98.1 Å². The summed E-state index contributed by atoms with van der Waals surface area (Å²) in [6.07, 6.45) is 2.27. The quantitative estimate of drug-likeness (QED) is 0.756. The number of aryl methyl sites for hydroxylation is 1. The molecular formula is C11H10Cl2O2. The zero-order valence-corrected chi connectivity index (χ0v) is 9.78. The van der Waals surface area contributed by atoms with Gasteiger partial charge in [0.2, 0.25) is 0 Å². The fourth-order valence-electron chi connectivity index (χ4n) is 1.86. The van der Waals surface area contributed by atoms with Crippen LogP contribution in [0.1, 0.15) is 28.8 Å². The van der Waals surface area contributed by atoms with Crippen molar-refractivity contribution in [3.63, 3.8) is 0 Å². The number of fused-ring (bicyclic) bond motifs is 1. The summed E-state index contributed by atoms with van der Waals surface area (Å²) in [4.78, 5) is 11.7. The number of hydrogen-bond donors (Lipinski definition) is 0. The lowest BCUT2D eigenvalue weighted by molar-refractivity contribution is 0.0972. The van der Waals surface area contributed by atoms with Gasteiger partial charge in [-0.3, -0.25) is 4.79 Å². The third kappa shape index (κ3) is 1.72. The molecule has 0 saturated heterocycles. The lowest BCUT2D eigenvalue weighted by atomic mass is 9.90. The molecule has 0 bridgehead atoms. The van der Waals surface area contributed by atoms with E-state index in [1.807, 2.05) is 0 Å². The van der Waals surface area contributed by atoms with Gasteiger partial charge in [0.15, 0.2) is 5.78 Å². The van der Waals surface area contributed by atoms with Crippen LogP contribution in [0, 0.1) is 0 Å². The molecule has 0 aromatic heterocycles. The molecule has 0 atom stereocenters. The van der Waals surface area contributed by atoms with Gasteiger partial charge in [-0.25, -0.2) is 0 Å². The highest BCUT2D eigenvalue weighted by Crippen LogP contribution is 2.39. The van der Waals surface area contributed by atoms with Crippen LogP contribution in [0.15, 0.2) is 6.07 Å². The molecule has 2 rings (SSSR count). The molecule has 0 spiro atoms. The van der Waals surface area contributed by atoms with Gasteiger partial charge in [0.05, 0.1) is 12.1 Å². The summed E-state index contributed by atoms with van der Waals surface area (Å²) in [5.74, 6) is 0.612. The molecule has 0 saturated carbocycles. The van der Waals surface area contributed by atoms with Gasteiger partial charge in [-0.15, -0.1) is 0 Å². The largest absolute Gasteiger partial charge is 0.495 e. The lowest BCUT2D eigenvalue weighted by Gasteiger charge is -2.18. The van der Waals surface area contributed by atoms with Gasteiger partial charge >= 0.3 is 0 Å². The third-order valence-electron chi connectivity index (χ3n) is 2.60. The van der Waals surface area contributed by atoms with E-state index in [2.05, 4.69) is 0 Å². The highest BCUT2D eigenvalue weighted by atomic mass is 35.5. The molecule has 15 heavy (non-hydrogen) atoms. The molecule has 80 valence electrons. The lowest BCUT2D eigenvalue weighted by Crippen LogP contribution is -2.12. The van der Waals surface area contributed by atoms with Crippen LogP contribution >= 0.6 is 23.2 Å². The molecule has 0 N–H and O–H groups in total. The molecule has 1 aliphatic carbocycles. The van der Waals surface area contributed by atoms with Gasteiger partial charge in [0.25, 0.3) is 0 Å². The third-order valence-corrected chi connectivity index (χ3v) is 3.45. The number of carbonyl (C=O) groups is 1. The van der Waals surface area contributed by atoms with Crippen LogP contribution in [0.2, 0.25) is 10.0 Å². The van der Waals surface area contributed by atoms with E-state index in [9.17, 15) is 4.79 Å². The predicted octanol–water partition coefficient (Wildman–Crippen LogP) is 3.52. The number of Topliss-reactive ketones (excluding diaryl/α,β-unsaturated/α-hetero) is 1. The van der Waals surface area contributed by atoms with Crippen molar-refractivity contribution >= 4 is 29.0 Å². The van der Waals surface area contributed by atoms with Crippen molar-refractivity contribution in [2.45, 2.75) is 19.3 Å². The number of ether oxygens (including phenoxy) is 1. The van der Waals surface area contributed by atoms with Gasteiger partial charge in [0.1, 0.15) is 10.8 Å². The number of halogens is 2. The smallest absolute Gasteiger partial charge is 0.164 e. The van der Waals surface area contributed by atoms with Crippen LogP contribution < -0.4 is 4.74 Å². The number of ketones is 1. The monoisotopic (exact) mass is 244 g/mol. The van der Waals surface area contributed by atoms with Crippen molar-refractivity contribution in [1.29, 1.82) is 0 Å². The molecule has 1 aliphatic rings. The number of carbonyl (C=O) groups excluding carboxylic acids is 1. The van der Waals surface area contributed by atoms with Gasteiger partial charge < -0.3 is 4.74 Å². The molecule has 0 amide bonds. The van der Waals surface area contributed by atoms with Crippen LogP contribution in [0.4, 0.5) is 0 Å². The minimum atomic E-state index is 0.0748. The van der Waals surface area contributed by atoms with Gasteiger partial charge in [-0.05, 0) is 24.5 Å². The van der Waals surface area contributed by atoms with E-state index >= 15 is 0 Å². The number of methoxy groups -OCH3 is 1. The Balaban J connectivity index is 2.66. The Morgan fingerprint density at radius 2 is 2.00 bits per heavy atom. The molecule has 0 fully saturated rings. The van der Waals surface area contributed by atoms with Gasteiger partial charge in [-0.1, -0.05) is 23.2 Å². The molecule has 0 heterocycles. The Hall–Kier alpha value is -0.730. The second kappa shape index (κ2) is 4.03. The summed E-state index contributed by atoms with van der Waals surface area (Å²) in [6.45, 7) is 0. The van der Waals surface area contributed by atoms with Crippen LogP contribution in [-0.2, 0) is 6.42 Å². The first-order valence-electron chi connectivity index (χ1n) is 4.73. The number of hydrogen-bond acceptors (Lipinski definition) is 2. The molecule has 4 heteroatoms. The second-order valence-corrected chi connectivity index (χ2v) is 4.27. The highest BCUT2D eigenvalue weighted by molar-refractivity contribution is 6.45. The van der Waals surface area contributed by atoms with E-state index in [0.717, 1.165) is 18.4 Å². The molecule has 0 unspecified atom stereocenters. The molecule has 0 radical (unpaired) electrons. The topological polar surface area (TPSA) is 26.3 Å². The molecular weight excluding hydrogens is 235 g/mol. The van der Waals surface area contributed by atoms with Crippen molar-refractivity contribution in [2.75, 3.05) is 7.11 Å². The van der Waals surface area contributed by atoms with Crippen molar-refractivity contribution in [3.8, 4) is 5.75 Å². The minimum Gasteiger partial charge on any atom is -0.495 e. The van der Waals surface area contributed by atoms with E-state index in [1.165, 1.54) is 7.11 Å². The van der Waals surface area contributed by atoms with Crippen LogP contribution in [0.3, 0.4) is 0 Å². The normalized spacial score (nSPS) is 15.0. The Bertz CT molecular complexity index is 427. The van der Waals surface area contributed by atoms with E-state index in [1.54, 1.807) is 6.07 Å². The van der Waals surface area contributed by atoms with E-state index in [-0.39, 0.29) is 5.78 Å². The van der Waals surface area contributed by atoms with E-state index in [0.29, 0.717) is 27.8 Å². The predicted molar refractivity (Wildman–Crippen MR) is 60.3 cm³/mol. The molecule has 1 aromatic rings. The highest BCUT2D eigenvalue weighted by Gasteiger charge is 2.24. The maximum Gasteiger partial charge on any atom is 0.164 e. The molecule has 1 aromatic carbocycles.